The van der Waals surface area contributed by atoms with Crippen LogP contribution >= 0.6 is 0 Å². The van der Waals surface area contributed by atoms with Crippen molar-refractivity contribution in [2.24, 2.45) is 23.5 Å². The first-order valence-electron chi connectivity index (χ1n) is 4.65. The lowest BCUT2D eigenvalue weighted by Crippen LogP contribution is -2.30. The molecule has 12 heavy (non-hydrogen) atoms. The zero-order chi connectivity index (χ0) is 8.72. The maximum Gasteiger partial charge on any atom is 0.306 e. The highest BCUT2D eigenvalue weighted by atomic mass is 16.4. The summed E-state index contributed by atoms with van der Waals surface area (Å²) in [6.07, 6.45) is 3.94. The van der Waals surface area contributed by atoms with Crippen LogP contribution in [0.15, 0.2) is 0 Å². The topological polar surface area (TPSA) is 63.3 Å². The van der Waals surface area contributed by atoms with Crippen molar-refractivity contribution in [3.8, 4) is 0 Å². The van der Waals surface area contributed by atoms with Crippen molar-refractivity contribution >= 4 is 5.97 Å². The van der Waals surface area contributed by atoms with E-state index in [1.165, 1.54) is 0 Å². The molecule has 3 N–H and O–H groups in total. The van der Waals surface area contributed by atoms with Gasteiger partial charge >= 0.3 is 5.97 Å². The third-order valence-corrected chi connectivity index (χ3v) is 3.35. The number of carbonyl (C=O) groups is 1. The molecule has 0 aliphatic heterocycles. The summed E-state index contributed by atoms with van der Waals surface area (Å²) in [7, 11) is 0. The van der Waals surface area contributed by atoms with Gasteiger partial charge in [0.15, 0.2) is 0 Å². The third-order valence-electron chi connectivity index (χ3n) is 3.35. The summed E-state index contributed by atoms with van der Waals surface area (Å²) in [5.74, 6) is 0.260. The molecule has 0 heterocycles. The Morgan fingerprint density at radius 2 is 2.00 bits per heavy atom. The molecule has 2 aliphatic carbocycles. The second kappa shape index (κ2) is 2.73. The number of carboxylic acids is 1. The highest BCUT2D eigenvalue weighted by Crippen LogP contribution is 2.45. The highest BCUT2D eigenvalue weighted by Gasteiger charge is 2.43. The number of fused-ring (bicyclic) bond motifs is 2. The van der Waals surface area contributed by atoms with Crippen LogP contribution in [0.25, 0.3) is 0 Å². The quantitative estimate of drug-likeness (QED) is 0.611. The monoisotopic (exact) mass is 169 g/mol. The van der Waals surface area contributed by atoms with E-state index >= 15 is 0 Å². The molecule has 2 saturated carbocycles. The summed E-state index contributed by atoms with van der Waals surface area (Å²) in [6, 6.07) is 0.262. The Morgan fingerprint density at radius 3 is 2.67 bits per heavy atom. The molecule has 2 unspecified atom stereocenters. The number of nitrogens with two attached hydrogens (primary N) is 1. The van der Waals surface area contributed by atoms with Crippen molar-refractivity contribution in [3.63, 3.8) is 0 Å². The van der Waals surface area contributed by atoms with Crippen LogP contribution in [-0.4, -0.2) is 17.1 Å². The minimum atomic E-state index is -0.614. The van der Waals surface area contributed by atoms with Crippen molar-refractivity contribution < 1.29 is 9.90 Å². The first-order valence-corrected chi connectivity index (χ1v) is 4.65. The van der Waals surface area contributed by atoms with E-state index in [-0.39, 0.29) is 12.0 Å². The summed E-state index contributed by atoms with van der Waals surface area (Å²) in [5, 5.41) is 8.91. The van der Waals surface area contributed by atoms with Gasteiger partial charge in [0.2, 0.25) is 0 Å². The SMILES string of the molecule is NC1C[C@H]2CC(C(=O)O)[C@H](C1)C2. The lowest BCUT2D eigenvalue weighted by atomic mass is 9.84. The number of carboxylic acid groups (broad SMARTS) is 1. The van der Waals surface area contributed by atoms with E-state index in [1.807, 2.05) is 0 Å². The standard InChI is InChI=1S/C9H15NO2/c10-7-2-5-1-6(4-7)8(3-5)9(11)12/h5-8H,1-4,10H2,(H,11,12)/t5-,6-,7?,8?/m0/s1. The van der Waals surface area contributed by atoms with Gasteiger partial charge in [0.1, 0.15) is 0 Å². The van der Waals surface area contributed by atoms with Gasteiger partial charge in [-0.15, -0.1) is 0 Å². The lowest BCUT2D eigenvalue weighted by molar-refractivity contribution is -0.142. The molecule has 0 spiro atoms. The van der Waals surface area contributed by atoms with Crippen molar-refractivity contribution in [1.82, 2.24) is 0 Å². The molecular weight excluding hydrogens is 154 g/mol. The van der Waals surface area contributed by atoms with E-state index in [0.29, 0.717) is 11.8 Å². The maximum atomic E-state index is 10.8. The predicted molar refractivity (Wildman–Crippen MR) is 44.5 cm³/mol. The van der Waals surface area contributed by atoms with Crippen molar-refractivity contribution in [3.05, 3.63) is 0 Å². The number of hydrogen-bond acceptors (Lipinski definition) is 2. The van der Waals surface area contributed by atoms with Gasteiger partial charge in [0.05, 0.1) is 5.92 Å². The Morgan fingerprint density at radius 1 is 1.25 bits per heavy atom. The normalized spacial score (nSPS) is 46.1. The van der Waals surface area contributed by atoms with Gasteiger partial charge in [0.25, 0.3) is 0 Å². The molecular formula is C9H15NO2. The maximum absolute atomic E-state index is 10.8. The molecule has 0 radical (unpaired) electrons. The largest absolute Gasteiger partial charge is 0.481 e. The molecule has 3 nitrogen and oxygen atoms in total. The minimum absolute atomic E-state index is 0.0939. The molecule has 0 saturated heterocycles. The van der Waals surface area contributed by atoms with Crippen LogP contribution in [0, 0.1) is 17.8 Å². The van der Waals surface area contributed by atoms with Crippen LogP contribution in [0.3, 0.4) is 0 Å². The van der Waals surface area contributed by atoms with E-state index in [2.05, 4.69) is 0 Å². The number of rotatable bonds is 1. The van der Waals surface area contributed by atoms with Gasteiger partial charge in [-0.1, -0.05) is 0 Å². The molecule has 68 valence electrons. The van der Waals surface area contributed by atoms with Crippen LogP contribution < -0.4 is 5.73 Å². The Labute approximate surface area is 71.9 Å². The summed E-state index contributed by atoms with van der Waals surface area (Å²) in [4.78, 5) is 10.8. The molecule has 4 atom stereocenters. The second-order valence-corrected chi connectivity index (χ2v) is 4.27. The van der Waals surface area contributed by atoms with Crippen molar-refractivity contribution in [2.45, 2.75) is 31.7 Å². The first-order chi connectivity index (χ1) is 5.66. The van der Waals surface area contributed by atoms with Crippen LogP contribution in [0.2, 0.25) is 0 Å². The summed E-state index contributed by atoms with van der Waals surface area (Å²) in [5.41, 5.74) is 5.82. The van der Waals surface area contributed by atoms with Crippen LogP contribution in [-0.2, 0) is 4.79 Å². The number of hydrogen-bond donors (Lipinski definition) is 2. The minimum Gasteiger partial charge on any atom is -0.481 e. The Balaban J connectivity index is 2.09. The molecule has 0 aromatic rings. The molecule has 3 heteroatoms. The van der Waals surface area contributed by atoms with Crippen LogP contribution in [0.4, 0.5) is 0 Å². The average Bonchev–Trinajstić information content (AvgIpc) is 2.26. The zero-order valence-corrected chi connectivity index (χ0v) is 7.07. The van der Waals surface area contributed by atoms with Gasteiger partial charge in [-0.2, -0.15) is 0 Å². The van der Waals surface area contributed by atoms with E-state index in [1.54, 1.807) is 0 Å². The lowest BCUT2D eigenvalue weighted by Gasteiger charge is -2.24. The van der Waals surface area contributed by atoms with E-state index < -0.39 is 5.97 Å². The van der Waals surface area contributed by atoms with E-state index in [0.717, 1.165) is 25.7 Å². The molecule has 2 rings (SSSR count). The molecule has 2 aliphatic rings. The summed E-state index contributed by atoms with van der Waals surface area (Å²) < 4.78 is 0. The number of aliphatic carboxylic acids is 1. The Kier molecular flexibility index (Phi) is 1.83. The summed E-state index contributed by atoms with van der Waals surface area (Å²) in [6.45, 7) is 0. The van der Waals surface area contributed by atoms with Crippen LogP contribution in [0.5, 0.6) is 0 Å². The highest BCUT2D eigenvalue weighted by molar-refractivity contribution is 5.70. The molecule has 0 amide bonds. The zero-order valence-electron chi connectivity index (χ0n) is 7.07. The Bertz CT molecular complexity index is 205. The third kappa shape index (κ3) is 1.22. The van der Waals surface area contributed by atoms with Gasteiger partial charge in [-0.25, -0.2) is 0 Å². The molecule has 2 fully saturated rings. The van der Waals surface area contributed by atoms with Gasteiger partial charge in [-0.05, 0) is 37.5 Å². The van der Waals surface area contributed by atoms with Gasteiger partial charge in [-0.3, -0.25) is 4.79 Å². The van der Waals surface area contributed by atoms with E-state index in [4.69, 9.17) is 10.8 Å². The predicted octanol–water partition coefficient (Wildman–Crippen LogP) is 0.834. The van der Waals surface area contributed by atoms with E-state index in [9.17, 15) is 4.79 Å². The fourth-order valence-electron chi connectivity index (χ4n) is 2.91. The Hall–Kier alpha value is -0.570. The van der Waals surface area contributed by atoms with Crippen LogP contribution in [0.1, 0.15) is 25.7 Å². The van der Waals surface area contributed by atoms with Gasteiger partial charge < -0.3 is 10.8 Å². The van der Waals surface area contributed by atoms with Gasteiger partial charge in [0, 0.05) is 6.04 Å². The fourth-order valence-corrected chi connectivity index (χ4v) is 2.91. The first kappa shape index (κ1) is 8.05. The van der Waals surface area contributed by atoms with Crippen molar-refractivity contribution in [1.29, 1.82) is 0 Å². The fraction of sp³-hybridized carbons (Fsp3) is 0.889. The average molecular weight is 169 g/mol. The molecule has 2 bridgehead atoms. The summed E-state index contributed by atoms with van der Waals surface area (Å²) >= 11 is 0. The molecule has 0 aromatic carbocycles. The smallest absolute Gasteiger partial charge is 0.306 e. The second-order valence-electron chi connectivity index (χ2n) is 4.27. The molecule has 0 aromatic heterocycles. The van der Waals surface area contributed by atoms with Crippen molar-refractivity contribution in [2.75, 3.05) is 0 Å².